The van der Waals surface area contributed by atoms with Gasteiger partial charge in [-0.2, -0.15) is 0 Å². The van der Waals surface area contributed by atoms with E-state index in [0.717, 1.165) is 30.0 Å². The van der Waals surface area contributed by atoms with E-state index in [-0.39, 0.29) is 17.4 Å². The first-order valence-electron chi connectivity index (χ1n) is 12.7. The van der Waals surface area contributed by atoms with Crippen LogP contribution in [0.25, 0.3) is 0 Å². The normalized spacial score (nSPS) is 13.0. The number of benzene rings is 5. The predicted octanol–water partition coefficient (Wildman–Crippen LogP) is 10.9. The van der Waals surface area contributed by atoms with E-state index in [2.05, 4.69) is 24.3 Å². The van der Waals surface area contributed by atoms with Crippen molar-refractivity contribution in [1.82, 2.24) is 0 Å². The van der Waals surface area contributed by atoms with Crippen molar-refractivity contribution in [3.05, 3.63) is 150 Å². The van der Waals surface area contributed by atoms with Crippen molar-refractivity contribution in [1.29, 1.82) is 0 Å². The molecule has 5 rings (SSSR count). The van der Waals surface area contributed by atoms with E-state index in [0.29, 0.717) is 11.1 Å². The summed E-state index contributed by atoms with van der Waals surface area (Å²) in [6.45, 7) is 1.96. The Morgan fingerprint density at radius 2 is 1.00 bits per heavy atom. The number of carbonyl (C=O) groups excluding carboxylic acids is 1. The average Bonchev–Trinajstić information content (AvgIpc) is 2.95. The summed E-state index contributed by atoms with van der Waals surface area (Å²) >= 11 is -9.62. The van der Waals surface area contributed by atoms with Gasteiger partial charge in [0.2, 0.25) is 0 Å². The summed E-state index contributed by atoms with van der Waals surface area (Å²) in [5.74, 6) is -0.553. The molecule has 0 aromatic heterocycles. The van der Waals surface area contributed by atoms with Crippen molar-refractivity contribution in [2.24, 2.45) is 0 Å². The SMILES string of the molecule is Cc1cc(Sc2ccc([S+](c3ccc(F)cc3)c3ccc(F)cc3)cc2)ccc1C(=O)c1ccccc1.[F][Sb-]([F])([F])([F])([F])[F]. The third-order valence-electron chi connectivity index (χ3n) is 5.87. The van der Waals surface area contributed by atoms with Crippen LogP contribution < -0.4 is 0 Å². The van der Waals surface area contributed by atoms with Crippen LogP contribution >= 0.6 is 11.8 Å². The maximum atomic E-state index is 13.6. The molecular formula is C32H23F8OS2Sb. The summed E-state index contributed by atoms with van der Waals surface area (Å²) < 4.78 is 86.7. The van der Waals surface area contributed by atoms with Crippen molar-refractivity contribution in [2.45, 2.75) is 31.4 Å². The van der Waals surface area contributed by atoms with Gasteiger partial charge in [0, 0.05) is 20.9 Å². The molecule has 0 aliphatic rings. The monoisotopic (exact) mass is 760 g/mol. The Labute approximate surface area is 258 Å². The number of rotatable bonds is 7. The molecule has 0 unspecified atom stereocenters. The van der Waals surface area contributed by atoms with Gasteiger partial charge in [0.25, 0.3) is 0 Å². The van der Waals surface area contributed by atoms with Crippen LogP contribution in [-0.2, 0) is 10.9 Å². The molecule has 0 spiro atoms. The first kappa shape index (κ1) is 33.6. The molecule has 0 N–H and O–H groups in total. The fraction of sp³-hybridized carbons (Fsp3) is 0.0312. The van der Waals surface area contributed by atoms with Gasteiger partial charge in [-0.1, -0.05) is 42.1 Å². The van der Waals surface area contributed by atoms with Gasteiger partial charge >= 0.3 is 36.4 Å². The van der Waals surface area contributed by atoms with Gasteiger partial charge in [0.15, 0.2) is 20.5 Å². The third-order valence-corrected chi connectivity index (χ3v) is 9.10. The Kier molecular flexibility index (Phi) is 9.64. The van der Waals surface area contributed by atoms with Crippen LogP contribution in [0.3, 0.4) is 0 Å². The summed E-state index contributed by atoms with van der Waals surface area (Å²) in [6, 6.07) is 36.4. The van der Waals surface area contributed by atoms with Crippen molar-refractivity contribution in [3.8, 4) is 0 Å². The Balaban J connectivity index is 0.000000566. The molecule has 0 aliphatic heterocycles. The van der Waals surface area contributed by atoms with Crippen LogP contribution in [0.1, 0.15) is 21.5 Å². The molecule has 0 radical (unpaired) electrons. The Morgan fingerprint density at radius 1 is 0.591 bits per heavy atom. The van der Waals surface area contributed by atoms with Crippen LogP contribution in [0, 0.1) is 18.6 Å². The van der Waals surface area contributed by atoms with E-state index in [1.807, 2.05) is 55.5 Å². The van der Waals surface area contributed by atoms with E-state index in [4.69, 9.17) is 0 Å². The standard InChI is InChI=1S/C32H23F2OS2.6FH.Sb/c1-22-21-27(13-20-31(22)32(35)23-5-3-2-4-6-23)36-26-11-18-30(19-12-26)37(28-14-7-24(33)8-15-28)29-16-9-25(34)10-17-29;;;;;;;/h2-21H,1H3;6*1H;/q+1;;;;;;;+5/p-6. The zero-order valence-electron chi connectivity index (χ0n) is 22.7. The molecule has 0 saturated heterocycles. The molecule has 0 amide bonds. The molecule has 0 atom stereocenters. The number of carbonyl (C=O) groups is 1. The Bertz CT molecular complexity index is 1690. The van der Waals surface area contributed by atoms with E-state index in [1.54, 1.807) is 36.0 Å². The molecule has 230 valence electrons. The molecule has 0 fully saturated rings. The van der Waals surface area contributed by atoms with Gasteiger partial charge in [-0.3, -0.25) is 4.79 Å². The van der Waals surface area contributed by atoms with Gasteiger partial charge < -0.3 is 0 Å². The van der Waals surface area contributed by atoms with Crippen LogP contribution in [0.2, 0.25) is 0 Å². The molecule has 5 aromatic carbocycles. The molecule has 0 bridgehead atoms. The summed E-state index contributed by atoms with van der Waals surface area (Å²) in [6.07, 6.45) is 0. The fourth-order valence-electron chi connectivity index (χ4n) is 4.03. The zero-order chi connectivity index (χ0) is 32.2. The second kappa shape index (κ2) is 12.6. The number of hydrogen-bond acceptors (Lipinski definition) is 2. The predicted molar refractivity (Wildman–Crippen MR) is 159 cm³/mol. The summed E-state index contributed by atoms with van der Waals surface area (Å²) in [7, 11) is -0.496. The topological polar surface area (TPSA) is 17.1 Å². The first-order valence-corrected chi connectivity index (χ1v) is 20.6. The molecule has 1 nitrogen and oxygen atoms in total. The van der Waals surface area contributed by atoms with Crippen LogP contribution in [0.4, 0.5) is 25.7 Å². The number of ketones is 1. The quantitative estimate of drug-likeness (QED) is 0.0711. The van der Waals surface area contributed by atoms with Gasteiger partial charge in [-0.25, -0.2) is 8.78 Å². The van der Waals surface area contributed by atoms with Crippen LogP contribution in [-0.4, -0.2) is 25.3 Å². The van der Waals surface area contributed by atoms with E-state index in [1.165, 1.54) is 24.3 Å². The summed E-state index contributed by atoms with van der Waals surface area (Å²) in [4.78, 5) is 18.0. The van der Waals surface area contributed by atoms with Crippen LogP contribution in [0.15, 0.2) is 146 Å². The second-order valence-electron chi connectivity index (χ2n) is 9.42. The summed E-state index contributed by atoms with van der Waals surface area (Å²) in [5.41, 5.74) is 2.32. The van der Waals surface area contributed by atoms with Crippen molar-refractivity contribution in [3.63, 3.8) is 0 Å². The Morgan fingerprint density at radius 3 is 1.43 bits per heavy atom. The van der Waals surface area contributed by atoms with Crippen LogP contribution in [0.5, 0.6) is 0 Å². The molecular weight excluding hydrogens is 738 g/mol. The van der Waals surface area contributed by atoms with E-state index in [9.17, 15) is 30.5 Å². The number of aryl methyl sites for hydroxylation is 1. The maximum absolute atomic E-state index is 13.6. The number of hydrogen-bond donors (Lipinski definition) is 0. The zero-order valence-corrected chi connectivity index (χ0v) is 26.9. The summed E-state index contributed by atoms with van der Waals surface area (Å²) in [5, 5.41) is 0. The minimum atomic E-state index is -11.2. The van der Waals surface area contributed by atoms with E-state index < -0.39 is 30.4 Å². The Hall–Kier alpha value is -3.27. The van der Waals surface area contributed by atoms with Gasteiger partial charge in [0.1, 0.15) is 11.6 Å². The van der Waals surface area contributed by atoms with Crippen molar-refractivity contribution >= 4 is 47.9 Å². The molecule has 12 heteroatoms. The minimum absolute atomic E-state index is 0.0209. The number of halogens is 8. The average molecular weight is 761 g/mol. The molecule has 0 aliphatic carbocycles. The van der Waals surface area contributed by atoms with Crippen molar-refractivity contribution in [2.75, 3.05) is 0 Å². The molecule has 44 heavy (non-hydrogen) atoms. The first-order chi connectivity index (χ1) is 20.4. The van der Waals surface area contributed by atoms with E-state index >= 15 is 0 Å². The molecule has 0 saturated carbocycles. The molecule has 5 aromatic rings. The second-order valence-corrected chi connectivity index (χ2v) is 18.1. The molecule has 0 heterocycles. The van der Waals surface area contributed by atoms with Gasteiger partial charge in [-0.15, -0.1) is 0 Å². The van der Waals surface area contributed by atoms with Crippen molar-refractivity contribution < 1.29 is 30.5 Å². The van der Waals surface area contributed by atoms with Gasteiger partial charge in [0.05, 0.1) is 10.9 Å². The fourth-order valence-corrected chi connectivity index (χ4v) is 6.99. The van der Waals surface area contributed by atoms with Gasteiger partial charge in [-0.05, 0) is 103 Å². The third kappa shape index (κ3) is 10.7.